The number of hydrogen-bond acceptors (Lipinski definition) is 5. The van der Waals surface area contributed by atoms with Crippen molar-refractivity contribution in [3.63, 3.8) is 0 Å². The van der Waals surface area contributed by atoms with E-state index in [2.05, 4.69) is 38.2 Å². The van der Waals surface area contributed by atoms with Crippen molar-refractivity contribution < 1.29 is 14.3 Å². The van der Waals surface area contributed by atoms with Crippen LogP contribution in [0.2, 0.25) is 0 Å². The Kier molecular flexibility index (Phi) is 6.63. The van der Waals surface area contributed by atoms with Crippen molar-refractivity contribution in [1.29, 1.82) is 0 Å². The molecule has 3 heterocycles. The fourth-order valence-electron chi connectivity index (χ4n) is 4.42. The van der Waals surface area contributed by atoms with Crippen LogP contribution >= 0.6 is 11.8 Å². The number of hydrogen-bond donors (Lipinski definition) is 1. The summed E-state index contributed by atoms with van der Waals surface area (Å²) >= 11 is 1.66. The van der Waals surface area contributed by atoms with Crippen LogP contribution < -0.4 is 10.1 Å². The van der Waals surface area contributed by atoms with Crippen LogP contribution in [-0.2, 0) is 9.53 Å². The van der Waals surface area contributed by atoms with E-state index in [1.807, 2.05) is 23.7 Å². The standard InChI is InChI=1S/C24H33N3O3S/c1-5-6-12-29-19-9-7-17(8-10-19)22-21-16(2)26-27(23(21)25-20(28)15-31-22)18-11-13-30-24(3,4)14-18/h7-10,18,22H,5-6,11-15H2,1-4H3,(H,25,28)/t18-,22-/m0/s1. The Morgan fingerprint density at radius 1 is 1.32 bits per heavy atom. The highest BCUT2D eigenvalue weighted by Gasteiger charge is 2.36. The van der Waals surface area contributed by atoms with Crippen LogP contribution in [0, 0.1) is 6.92 Å². The number of thioether (sulfide) groups is 1. The molecule has 1 N–H and O–H groups in total. The van der Waals surface area contributed by atoms with Gasteiger partial charge in [-0.25, -0.2) is 4.68 Å². The van der Waals surface area contributed by atoms with Crippen LogP contribution in [0.1, 0.15) is 74.6 Å². The van der Waals surface area contributed by atoms with Gasteiger partial charge in [-0.15, -0.1) is 11.8 Å². The molecular weight excluding hydrogens is 410 g/mol. The summed E-state index contributed by atoms with van der Waals surface area (Å²) in [5, 5.41) is 8.12. The molecule has 1 aromatic heterocycles. The van der Waals surface area contributed by atoms with Gasteiger partial charge in [0.05, 0.1) is 34.9 Å². The molecule has 0 radical (unpaired) electrons. The van der Waals surface area contributed by atoms with E-state index < -0.39 is 0 Å². The maximum absolute atomic E-state index is 12.6. The van der Waals surface area contributed by atoms with Crippen molar-refractivity contribution >= 4 is 23.5 Å². The summed E-state index contributed by atoms with van der Waals surface area (Å²) < 4.78 is 13.8. The summed E-state index contributed by atoms with van der Waals surface area (Å²) in [5.41, 5.74) is 3.06. The van der Waals surface area contributed by atoms with E-state index in [9.17, 15) is 4.79 Å². The number of amides is 1. The summed E-state index contributed by atoms with van der Waals surface area (Å²) in [5.74, 6) is 2.19. The SMILES string of the molecule is CCCCOc1ccc([C@@H]2SCC(=O)Nc3c2c(C)nn3[C@H]2CCOC(C)(C)C2)cc1. The molecule has 0 aliphatic carbocycles. The number of carbonyl (C=O) groups is 1. The Hall–Kier alpha value is -1.99. The van der Waals surface area contributed by atoms with E-state index in [1.54, 1.807) is 11.8 Å². The smallest absolute Gasteiger partial charge is 0.235 e. The maximum atomic E-state index is 12.6. The van der Waals surface area contributed by atoms with Gasteiger partial charge in [-0.2, -0.15) is 5.10 Å². The quantitative estimate of drug-likeness (QED) is 0.616. The number of aryl methyl sites for hydroxylation is 1. The predicted octanol–water partition coefficient (Wildman–Crippen LogP) is 5.28. The lowest BCUT2D eigenvalue weighted by Gasteiger charge is -2.36. The van der Waals surface area contributed by atoms with E-state index in [1.165, 1.54) is 5.56 Å². The highest BCUT2D eigenvalue weighted by atomic mass is 32.2. The van der Waals surface area contributed by atoms with Gasteiger partial charge >= 0.3 is 0 Å². The molecule has 0 spiro atoms. The molecule has 2 aliphatic heterocycles. The number of benzene rings is 1. The minimum Gasteiger partial charge on any atom is -0.494 e. The number of fused-ring (bicyclic) bond motifs is 1. The average Bonchev–Trinajstić information content (AvgIpc) is 2.94. The zero-order chi connectivity index (χ0) is 22.0. The molecule has 31 heavy (non-hydrogen) atoms. The number of ether oxygens (including phenoxy) is 2. The van der Waals surface area contributed by atoms with Crippen LogP contribution in [0.3, 0.4) is 0 Å². The first-order valence-corrected chi connectivity index (χ1v) is 12.3. The highest BCUT2D eigenvalue weighted by Crippen LogP contribution is 2.45. The lowest BCUT2D eigenvalue weighted by Crippen LogP contribution is -2.36. The molecule has 6 nitrogen and oxygen atoms in total. The minimum absolute atomic E-state index is 0.0285. The van der Waals surface area contributed by atoms with Gasteiger partial charge in [0.2, 0.25) is 5.91 Å². The van der Waals surface area contributed by atoms with Gasteiger partial charge in [0, 0.05) is 12.2 Å². The molecule has 4 rings (SSSR count). The number of aromatic nitrogens is 2. The van der Waals surface area contributed by atoms with Gasteiger partial charge in [-0.1, -0.05) is 25.5 Å². The first-order valence-electron chi connectivity index (χ1n) is 11.2. The largest absolute Gasteiger partial charge is 0.494 e. The van der Waals surface area contributed by atoms with Gasteiger partial charge in [0.1, 0.15) is 11.6 Å². The predicted molar refractivity (Wildman–Crippen MR) is 125 cm³/mol. The average molecular weight is 444 g/mol. The maximum Gasteiger partial charge on any atom is 0.235 e. The zero-order valence-electron chi connectivity index (χ0n) is 18.9. The van der Waals surface area contributed by atoms with E-state index in [-0.39, 0.29) is 22.8 Å². The third-order valence-corrected chi connectivity index (χ3v) is 7.27. The second-order valence-corrected chi connectivity index (χ2v) is 10.2. The molecule has 7 heteroatoms. The summed E-state index contributed by atoms with van der Waals surface area (Å²) in [4.78, 5) is 12.6. The lowest BCUT2D eigenvalue weighted by molar-refractivity contribution is -0.113. The zero-order valence-corrected chi connectivity index (χ0v) is 19.8. The lowest BCUT2D eigenvalue weighted by atomic mass is 9.94. The molecule has 2 aromatic rings. The van der Waals surface area contributed by atoms with Crippen molar-refractivity contribution in [1.82, 2.24) is 9.78 Å². The Bertz CT molecular complexity index is 923. The molecule has 2 aliphatic rings. The van der Waals surface area contributed by atoms with Crippen LogP contribution in [0.25, 0.3) is 0 Å². The number of anilines is 1. The van der Waals surface area contributed by atoms with Crippen LogP contribution in [0.15, 0.2) is 24.3 Å². The molecule has 1 aromatic carbocycles. The Morgan fingerprint density at radius 3 is 2.81 bits per heavy atom. The normalized spacial score (nSPS) is 23.0. The van der Waals surface area contributed by atoms with E-state index in [0.29, 0.717) is 12.4 Å². The van der Waals surface area contributed by atoms with Crippen LogP contribution in [0.5, 0.6) is 5.75 Å². The van der Waals surface area contributed by atoms with Crippen LogP contribution in [-0.4, -0.2) is 40.3 Å². The van der Waals surface area contributed by atoms with Crippen molar-refractivity contribution in [2.75, 3.05) is 24.3 Å². The molecule has 1 saturated heterocycles. The van der Waals surface area contributed by atoms with E-state index >= 15 is 0 Å². The van der Waals surface area contributed by atoms with Crippen LogP contribution in [0.4, 0.5) is 5.82 Å². The number of nitrogens with zero attached hydrogens (tertiary/aromatic N) is 2. The first kappa shape index (κ1) is 22.2. The molecule has 0 bridgehead atoms. The van der Waals surface area contributed by atoms with Crippen molar-refractivity contribution in [3.8, 4) is 5.75 Å². The molecule has 0 saturated carbocycles. The molecular formula is C24H33N3O3S. The van der Waals surface area contributed by atoms with E-state index in [0.717, 1.165) is 55.1 Å². The Morgan fingerprint density at radius 2 is 2.10 bits per heavy atom. The monoisotopic (exact) mass is 443 g/mol. The number of unbranched alkanes of at least 4 members (excludes halogenated alkanes) is 1. The van der Waals surface area contributed by atoms with Crippen molar-refractivity contribution in [2.24, 2.45) is 0 Å². The van der Waals surface area contributed by atoms with Gasteiger partial charge in [-0.05, 0) is 57.7 Å². The number of rotatable bonds is 6. The fraction of sp³-hybridized carbons (Fsp3) is 0.583. The second-order valence-electron chi connectivity index (χ2n) is 9.06. The summed E-state index contributed by atoms with van der Waals surface area (Å²) in [7, 11) is 0. The third-order valence-electron chi connectivity index (χ3n) is 6.00. The summed E-state index contributed by atoms with van der Waals surface area (Å²) in [6.07, 6.45) is 3.94. The van der Waals surface area contributed by atoms with Gasteiger partial charge < -0.3 is 14.8 Å². The number of carbonyl (C=O) groups excluding carboxylic acids is 1. The van der Waals surface area contributed by atoms with Crippen molar-refractivity contribution in [3.05, 3.63) is 41.1 Å². The van der Waals surface area contributed by atoms with Gasteiger partial charge in [0.25, 0.3) is 0 Å². The van der Waals surface area contributed by atoms with Gasteiger partial charge in [-0.3, -0.25) is 4.79 Å². The number of nitrogens with one attached hydrogen (secondary N) is 1. The Labute approximate surface area is 189 Å². The first-order chi connectivity index (χ1) is 14.9. The van der Waals surface area contributed by atoms with Crippen molar-refractivity contribution in [2.45, 2.75) is 70.3 Å². The molecule has 168 valence electrons. The van der Waals surface area contributed by atoms with Gasteiger partial charge in [0.15, 0.2) is 0 Å². The molecule has 1 amide bonds. The Balaban J connectivity index is 1.65. The highest BCUT2D eigenvalue weighted by molar-refractivity contribution is 8.00. The fourth-order valence-corrected chi connectivity index (χ4v) is 5.61. The molecule has 1 fully saturated rings. The molecule has 0 unspecified atom stereocenters. The molecule has 2 atom stereocenters. The topological polar surface area (TPSA) is 65.4 Å². The second kappa shape index (κ2) is 9.25. The summed E-state index contributed by atoms with van der Waals surface area (Å²) in [6, 6.07) is 8.52. The minimum atomic E-state index is -0.188. The summed E-state index contributed by atoms with van der Waals surface area (Å²) in [6.45, 7) is 9.89. The third kappa shape index (κ3) is 4.93. The van der Waals surface area contributed by atoms with E-state index in [4.69, 9.17) is 14.6 Å².